The minimum absolute atomic E-state index is 0.0227. The van der Waals surface area contributed by atoms with E-state index in [0.29, 0.717) is 17.9 Å². The summed E-state index contributed by atoms with van der Waals surface area (Å²) in [6.07, 6.45) is 0.850. The van der Waals surface area contributed by atoms with Crippen LogP contribution in [0.25, 0.3) is 0 Å². The SMILES string of the molecule is COCCC(C)Oc1ccccc1C(C)=O. The highest BCUT2D eigenvalue weighted by Gasteiger charge is 2.10. The van der Waals surface area contributed by atoms with Gasteiger partial charge in [-0.3, -0.25) is 4.79 Å². The molecule has 1 atom stereocenters. The smallest absolute Gasteiger partial charge is 0.163 e. The number of para-hydroxylation sites is 1. The molecule has 0 heterocycles. The van der Waals surface area contributed by atoms with Gasteiger partial charge in [-0.05, 0) is 26.0 Å². The average molecular weight is 222 g/mol. The lowest BCUT2D eigenvalue weighted by Crippen LogP contribution is -2.15. The second-order valence-electron chi connectivity index (χ2n) is 3.76. The molecule has 1 aromatic carbocycles. The van der Waals surface area contributed by atoms with Crippen LogP contribution in [0.3, 0.4) is 0 Å². The molecule has 0 aliphatic carbocycles. The van der Waals surface area contributed by atoms with Crippen molar-refractivity contribution in [1.29, 1.82) is 0 Å². The van der Waals surface area contributed by atoms with Gasteiger partial charge in [0.15, 0.2) is 5.78 Å². The molecule has 1 unspecified atom stereocenters. The van der Waals surface area contributed by atoms with Gasteiger partial charge in [0.2, 0.25) is 0 Å². The summed E-state index contributed by atoms with van der Waals surface area (Å²) in [5, 5.41) is 0. The zero-order chi connectivity index (χ0) is 12.0. The lowest BCUT2D eigenvalue weighted by molar-refractivity contribution is 0.100. The Balaban J connectivity index is 2.69. The van der Waals surface area contributed by atoms with E-state index in [1.165, 1.54) is 0 Å². The van der Waals surface area contributed by atoms with E-state index >= 15 is 0 Å². The number of methoxy groups -OCH3 is 1. The van der Waals surface area contributed by atoms with E-state index < -0.39 is 0 Å². The summed E-state index contributed by atoms with van der Waals surface area (Å²) in [5.41, 5.74) is 0.631. The van der Waals surface area contributed by atoms with E-state index in [4.69, 9.17) is 9.47 Å². The Kier molecular flexibility index (Phi) is 4.99. The molecule has 1 aromatic rings. The zero-order valence-corrected chi connectivity index (χ0v) is 10.0. The first-order valence-electron chi connectivity index (χ1n) is 5.40. The van der Waals surface area contributed by atoms with Gasteiger partial charge in [0.25, 0.3) is 0 Å². The molecule has 0 N–H and O–H groups in total. The van der Waals surface area contributed by atoms with Crippen molar-refractivity contribution < 1.29 is 14.3 Å². The van der Waals surface area contributed by atoms with Crippen molar-refractivity contribution in [1.82, 2.24) is 0 Å². The summed E-state index contributed by atoms with van der Waals surface area (Å²) < 4.78 is 10.7. The number of carbonyl (C=O) groups excluding carboxylic acids is 1. The molecule has 0 bridgehead atoms. The number of carbonyl (C=O) groups is 1. The third-order valence-electron chi connectivity index (χ3n) is 2.32. The normalized spacial score (nSPS) is 12.2. The lowest BCUT2D eigenvalue weighted by atomic mass is 10.1. The molecule has 0 amide bonds. The number of ether oxygens (including phenoxy) is 2. The Hall–Kier alpha value is -1.35. The largest absolute Gasteiger partial charge is 0.490 e. The number of benzene rings is 1. The van der Waals surface area contributed by atoms with Crippen molar-refractivity contribution in [2.45, 2.75) is 26.4 Å². The van der Waals surface area contributed by atoms with Gasteiger partial charge in [-0.2, -0.15) is 0 Å². The van der Waals surface area contributed by atoms with Gasteiger partial charge < -0.3 is 9.47 Å². The maximum atomic E-state index is 11.4. The highest BCUT2D eigenvalue weighted by molar-refractivity contribution is 5.96. The molecule has 0 spiro atoms. The summed E-state index contributed by atoms with van der Waals surface area (Å²) in [5.74, 6) is 0.674. The van der Waals surface area contributed by atoms with Gasteiger partial charge in [0, 0.05) is 20.1 Å². The third kappa shape index (κ3) is 3.66. The number of rotatable bonds is 6. The number of hydrogen-bond donors (Lipinski definition) is 0. The van der Waals surface area contributed by atoms with Gasteiger partial charge in [-0.1, -0.05) is 12.1 Å². The van der Waals surface area contributed by atoms with Gasteiger partial charge in [0.05, 0.1) is 11.7 Å². The molecule has 0 aromatic heterocycles. The minimum atomic E-state index is 0.0227. The molecule has 1 rings (SSSR count). The maximum Gasteiger partial charge on any atom is 0.163 e. The molecular weight excluding hydrogens is 204 g/mol. The van der Waals surface area contributed by atoms with Gasteiger partial charge in [-0.15, -0.1) is 0 Å². The molecule has 3 nitrogen and oxygen atoms in total. The summed E-state index contributed by atoms with van der Waals surface area (Å²) >= 11 is 0. The van der Waals surface area contributed by atoms with E-state index in [2.05, 4.69) is 0 Å². The molecule has 0 radical (unpaired) electrons. The molecule has 88 valence electrons. The second kappa shape index (κ2) is 6.28. The van der Waals surface area contributed by atoms with Crippen LogP contribution in [0, 0.1) is 0 Å². The topological polar surface area (TPSA) is 35.5 Å². The van der Waals surface area contributed by atoms with Crippen molar-refractivity contribution in [2.24, 2.45) is 0 Å². The van der Waals surface area contributed by atoms with Crippen molar-refractivity contribution in [3.63, 3.8) is 0 Å². The number of hydrogen-bond acceptors (Lipinski definition) is 3. The highest BCUT2D eigenvalue weighted by atomic mass is 16.5. The zero-order valence-electron chi connectivity index (χ0n) is 10.0. The van der Waals surface area contributed by atoms with Gasteiger partial charge in [0.1, 0.15) is 5.75 Å². The average Bonchev–Trinajstić information content (AvgIpc) is 2.27. The Morgan fingerprint density at radius 2 is 2.06 bits per heavy atom. The first-order valence-corrected chi connectivity index (χ1v) is 5.40. The van der Waals surface area contributed by atoms with Crippen LogP contribution in [-0.2, 0) is 4.74 Å². The van der Waals surface area contributed by atoms with Gasteiger partial charge in [-0.25, -0.2) is 0 Å². The van der Waals surface area contributed by atoms with Crippen LogP contribution in [0.2, 0.25) is 0 Å². The molecule has 0 aliphatic heterocycles. The molecule has 0 saturated carbocycles. The van der Waals surface area contributed by atoms with Crippen LogP contribution in [0.5, 0.6) is 5.75 Å². The lowest BCUT2D eigenvalue weighted by Gasteiger charge is -2.16. The predicted molar refractivity (Wildman–Crippen MR) is 63.0 cm³/mol. The molecular formula is C13H18O3. The van der Waals surface area contributed by atoms with Crippen LogP contribution in [-0.4, -0.2) is 25.6 Å². The summed E-state index contributed by atoms with van der Waals surface area (Å²) in [4.78, 5) is 11.4. The minimum Gasteiger partial charge on any atom is -0.490 e. The van der Waals surface area contributed by atoms with Crippen LogP contribution < -0.4 is 4.74 Å². The first kappa shape index (κ1) is 12.7. The van der Waals surface area contributed by atoms with E-state index in [9.17, 15) is 4.79 Å². The summed E-state index contributed by atoms with van der Waals surface area (Å²) in [7, 11) is 1.66. The van der Waals surface area contributed by atoms with Crippen LogP contribution in [0.1, 0.15) is 30.6 Å². The van der Waals surface area contributed by atoms with E-state index in [1.807, 2.05) is 25.1 Å². The Morgan fingerprint density at radius 3 is 2.69 bits per heavy atom. The standard InChI is InChI=1S/C13H18O3/c1-10(8-9-15-3)16-13-7-5-4-6-12(13)11(2)14/h4-7,10H,8-9H2,1-3H3. The van der Waals surface area contributed by atoms with E-state index in [1.54, 1.807) is 20.1 Å². The molecule has 3 heteroatoms. The second-order valence-corrected chi connectivity index (χ2v) is 3.76. The summed E-state index contributed by atoms with van der Waals surface area (Å²) in [6.45, 7) is 4.17. The maximum absolute atomic E-state index is 11.4. The van der Waals surface area contributed by atoms with Crippen LogP contribution >= 0.6 is 0 Å². The fourth-order valence-corrected chi connectivity index (χ4v) is 1.42. The van der Waals surface area contributed by atoms with Crippen molar-refractivity contribution in [3.8, 4) is 5.75 Å². The quantitative estimate of drug-likeness (QED) is 0.694. The van der Waals surface area contributed by atoms with E-state index in [-0.39, 0.29) is 11.9 Å². The Morgan fingerprint density at radius 1 is 1.38 bits per heavy atom. The predicted octanol–water partition coefficient (Wildman–Crippen LogP) is 2.69. The van der Waals surface area contributed by atoms with Gasteiger partial charge >= 0.3 is 0 Å². The fourth-order valence-electron chi connectivity index (χ4n) is 1.42. The molecule has 0 aliphatic rings. The van der Waals surface area contributed by atoms with Crippen LogP contribution in [0.4, 0.5) is 0 Å². The monoisotopic (exact) mass is 222 g/mol. The first-order chi connectivity index (χ1) is 7.65. The Labute approximate surface area is 96.4 Å². The Bertz CT molecular complexity index is 347. The third-order valence-corrected chi connectivity index (χ3v) is 2.32. The molecule has 0 saturated heterocycles. The van der Waals surface area contributed by atoms with E-state index in [0.717, 1.165) is 6.42 Å². The number of Topliss-reactive ketones (excluding diaryl/α,β-unsaturated/α-hetero) is 1. The number of ketones is 1. The molecule has 16 heavy (non-hydrogen) atoms. The van der Waals surface area contributed by atoms with Crippen molar-refractivity contribution in [2.75, 3.05) is 13.7 Å². The van der Waals surface area contributed by atoms with Crippen LogP contribution in [0.15, 0.2) is 24.3 Å². The fraction of sp³-hybridized carbons (Fsp3) is 0.462. The van der Waals surface area contributed by atoms with Crippen molar-refractivity contribution in [3.05, 3.63) is 29.8 Å². The highest BCUT2D eigenvalue weighted by Crippen LogP contribution is 2.20. The molecule has 0 fully saturated rings. The van der Waals surface area contributed by atoms with Crippen molar-refractivity contribution >= 4 is 5.78 Å². The summed E-state index contributed by atoms with van der Waals surface area (Å²) in [6, 6.07) is 7.30.